The van der Waals surface area contributed by atoms with Crippen LogP contribution in [-0.2, 0) is 9.53 Å². The van der Waals surface area contributed by atoms with Crippen molar-refractivity contribution in [3.8, 4) is 11.3 Å². The maximum atomic E-state index is 14.0. The van der Waals surface area contributed by atoms with Gasteiger partial charge in [0.2, 0.25) is 0 Å². The number of carbonyl (C=O) groups is 2. The van der Waals surface area contributed by atoms with E-state index in [4.69, 9.17) is 16.1 Å². The Morgan fingerprint density at radius 2 is 2.18 bits per heavy atom. The van der Waals surface area contributed by atoms with Gasteiger partial charge in [0.05, 0.1) is 17.7 Å². The van der Waals surface area contributed by atoms with Crippen molar-refractivity contribution in [2.75, 3.05) is 13.7 Å². The normalized spacial score (nSPS) is 10.4. The van der Waals surface area contributed by atoms with Gasteiger partial charge in [0.15, 0.2) is 0 Å². The van der Waals surface area contributed by atoms with Crippen molar-refractivity contribution in [1.29, 1.82) is 0 Å². The molecule has 0 bridgehead atoms. The van der Waals surface area contributed by atoms with Crippen LogP contribution in [0.25, 0.3) is 11.3 Å². The summed E-state index contributed by atoms with van der Waals surface area (Å²) in [5.74, 6) is -1.72. The summed E-state index contributed by atoms with van der Waals surface area (Å²) < 4.78 is 23.4. The van der Waals surface area contributed by atoms with Gasteiger partial charge in [0, 0.05) is 0 Å². The van der Waals surface area contributed by atoms with E-state index in [0.717, 1.165) is 0 Å². The number of halogens is 2. The summed E-state index contributed by atoms with van der Waals surface area (Å²) in [4.78, 5) is 23.3. The highest BCUT2D eigenvalue weighted by Gasteiger charge is 2.25. The molecule has 0 fully saturated rings. The standard InChI is InChI=1S/C14H12ClFN2O4/c1-7-11(14(20)17-6-10(19)21-2)13(18-22-7)12-8(15)4-3-5-9(12)16/h3-5H,6H2,1-2H3,(H,17,20). The number of aromatic nitrogens is 1. The average Bonchev–Trinajstić information content (AvgIpc) is 2.86. The first-order valence-corrected chi connectivity index (χ1v) is 6.59. The van der Waals surface area contributed by atoms with E-state index in [1.807, 2.05) is 0 Å². The molecule has 2 aromatic rings. The van der Waals surface area contributed by atoms with Crippen LogP contribution in [0.3, 0.4) is 0 Å². The molecule has 1 N–H and O–H groups in total. The van der Waals surface area contributed by atoms with E-state index in [1.54, 1.807) is 0 Å². The highest BCUT2D eigenvalue weighted by Crippen LogP contribution is 2.33. The molecular weight excluding hydrogens is 315 g/mol. The van der Waals surface area contributed by atoms with E-state index in [-0.39, 0.29) is 34.1 Å². The van der Waals surface area contributed by atoms with Gasteiger partial charge < -0.3 is 14.6 Å². The number of carbonyl (C=O) groups excluding carboxylic acids is 2. The highest BCUT2D eigenvalue weighted by molar-refractivity contribution is 6.33. The molecule has 8 heteroatoms. The second kappa shape index (κ2) is 6.57. The summed E-state index contributed by atoms with van der Waals surface area (Å²) in [7, 11) is 1.20. The Balaban J connectivity index is 2.40. The number of hydrogen-bond donors (Lipinski definition) is 1. The molecule has 6 nitrogen and oxygen atoms in total. The van der Waals surface area contributed by atoms with Crippen molar-refractivity contribution in [1.82, 2.24) is 10.5 Å². The first-order valence-electron chi connectivity index (χ1n) is 6.21. The van der Waals surface area contributed by atoms with Gasteiger partial charge in [0.25, 0.3) is 5.91 Å². The number of nitrogens with zero attached hydrogens (tertiary/aromatic N) is 1. The lowest BCUT2D eigenvalue weighted by Crippen LogP contribution is -2.30. The zero-order valence-electron chi connectivity index (χ0n) is 11.8. The lowest BCUT2D eigenvalue weighted by Gasteiger charge is -2.06. The molecule has 1 heterocycles. The monoisotopic (exact) mass is 326 g/mol. The molecule has 0 aliphatic heterocycles. The van der Waals surface area contributed by atoms with Crippen molar-refractivity contribution in [2.45, 2.75) is 6.92 Å². The smallest absolute Gasteiger partial charge is 0.325 e. The van der Waals surface area contributed by atoms with Crippen LogP contribution in [0.15, 0.2) is 22.7 Å². The third-order valence-electron chi connectivity index (χ3n) is 2.91. The Labute approximate surface area is 130 Å². The molecular formula is C14H12ClFN2O4. The number of nitrogens with one attached hydrogen (secondary N) is 1. The topological polar surface area (TPSA) is 81.4 Å². The molecule has 116 valence electrons. The molecule has 0 saturated carbocycles. The van der Waals surface area contributed by atoms with Crippen LogP contribution >= 0.6 is 11.6 Å². The Morgan fingerprint density at radius 3 is 2.82 bits per heavy atom. The summed E-state index contributed by atoms with van der Waals surface area (Å²) in [6, 6.07) is 4.10. The van der Waals surface area contributed by atoms with Crippen molar-refractivity contribution < 1.29 is 23.2 Å². The van der Waals surface area contributed by atoms with Gasteiger partial charge in [-0.2, -0.15) is 0 Å². The Morgan fingerprint density at radius 1 is 1.45 bits per heavy atom. The molecule has 0 aliphatic carbocycles. The second-order valence-electron chi connectivity index (χ2n) is 4.32. The van der Waals surface area contributed by atoms with Crippen molar-refractivity contribution in [3.05, 3.63) is 40.4 Å². The minimum Gasteiger partial charge on any atom is -0.468 e. The number of ether oxygens (including phenoxy) is 1. The first-order chi connectivity index (χ1) is 10.5. The van der Waals surface area contributed by atoms with Crippen LogP contribution in [0.5, 0.6) is 0 Å². The van der Waals surface area contributed by atoms with Gasteiger partial charge in [-0.15, -0.1) is 0 Å². The number of hydrogen-bond acceptors (Lipinski definition) is 5. The molecule has 1 aromatic heterocycles. The number of amides is 1. The summed E-state index contributed by atoms with van der Waals surface area (Å²) in [6.45, 7) is 1.17. The van der Waals surface area contributed by atoms with E-state index < -0.39 is 17.7 Å². The van der Waals surface area contributed by atoms with Crippen molar-refractivity contribution in [3.63, 3.8) is 0 Å². The minimum absolute atomic E-state index is 0.0101. The van der Waals surface area contributed by atoms with E-state index in [0.29, 0.717) is 0 Å². The molecule has 1 aromatic carbocycles. The third-order valence-corrected chi connectivity index (χ3v) is 3.23. The summed E-state index contributed by atoms with van der Waals surface area (Å²) in [6.07, 6.45) is 0. The lowest BCUT2D eigenvalue weighted by molar-refractivity contribution is -0.139. The van der Waals surface area contributed by atoms with E-state index in [1.165, 1.54) is 32.2 Å². The molecule has 0 unspecified atom stereocenters. The van der Waals surface area contributed by atoms with Crippen LogP contribution in [-0.4, -0.2) is 30.7 Å². The quantitative estimate of drug-likeness (QED) is 0.872. The molecule has 0 radical (unpaired) electrons. The number of rotatable bonds is 4. The lowest BCUT2D eigenvalue weighted by atomic mass is 10.0. The maximum Gasteiger partial charge on any atom is 0.325 e. The Bertz CT molecular complexity index is 709. The van der Waals surface area contributed by atoms with E-state index in [2.05, 4.69) is 15.2 Å². The maximum absolute atomic E-state index is 14.0. The zero-order valence-corrected chi connectivity index (χ0v) is 12.5. The molecule has 2 rings (SSSR count). The van der Waals surface area contributed by atoms with Crippen LogP contribution in [0, 0.1) is 12.7 Å². The number of esters is 1. The van der Waals surface area contributed by atoms with E-state index >= 15 is 0 Å². The SMILES string of the molecule is COC(=O)CNC(=O)c1c(-c2c(F)cccc2Cl)noc1C. The number of aryl methyl sites for hydroxylation is 1. The van der Waals surface area contributed by atoms with Crippen molar-refractivity contribution >= 4 is 23.5 Å². The third kappa shape index (κ3) is 3.09. The van der Waals surface area contributed by atoms with Gasteiger partial charge >= 0.3 is 5.97 Å². The predicted octanol–water partition coefficient (Wildman–Crippen LogP) is 2.35. The van der Waals surface area contributed by atoms with Crippen LogP contribution in [0.2, 0.25) is 5.02 Å². The second-order valence-corrected chi connectivity index (χ2v) is 4.73. The minimum atomic E-state index is -0.640. The van der Waals surface area contributed by atoms with Gasteiger partial charge in [0.1, 0.15) is 29.4 Å². The number of methoxy groups -OCH3 is 1. The molecule has 1 amide bonds. The van der Waals surface area contributed by atoms with Gasteiger partial charge in [-0.05, 0) is 19.1 Å². The Kier molecular flexibility index (Phi) is 4.77. The van der Waals surface area contributed by atoms with Crippen LogP contribution < -0.4 is 5.32 Å². The van der Waals surface area contributed by atoms with Gasteiger partial charge in [-0.3, -0.25) is 9.59 Å². The highest BCUT2D eigenvalue weighted by atomic mass is 35.5. The predicted molar refractivity (Wildman–Crippen MR) is 76.0 cm³/mol. The van der Waals surface area contributed by atoms with Gasteiger partial charge in [-0.1, -0.05) is 22.8 Å². The van der Waals surface area contributed by atoms with E-state index in [9.17, 15) is 14.0 Å². The summed E-state index contributed by atoms with van der Waals surface area (Å²) in [5, 5.41) is 6.14. The van der Waals surface area contributed by atoms with Crippen LogP contribution in [0.1, 0.15) is 16.1 Å². The molecule has 0 spiro atoms. The van der Waals surface area contributed by atoms with Crippen LogP contribution in [0.4, 0.5) is 4.39 Å². The molecule has 0 atom stereocenters. The Hall–Kier alpha value is -2.41. The molecule has 0 aliphatic rings. The number of benzene rings is 1. The summed E-state index contributed by atoms with van der Waals surface area (Å²) in [5.41, 5.74) is -0.0527. The van der Waals surface area contributed by atoms with Gasteiger partial charge in [-0.25, -0.2) is 4.39 Å². The zero-order chi connectivity index (χ0) is 16.3. The fraction of sp³-hybridized carbons (Fsp3) is 0.214. The van der Waals surface area contributed by atoms with Crippen molar-refractivity contribution in [2.24, 2.45) is 0 Å². The average molecular weight is 327 g/mol. The largest absolute Gasteiger partial charge is 0.468 e. The molecule has 0 saturated heterocycles. The fourth-order valence-electron chi connectivity index (χ4n) is 1.85. The first kappa shape index (κ1) is 16.0. The fourth-order valence-corrected chi connectivity index (χ4v) is 2.10. The molecule has 22 heavy (non-hydrogen) atoms. The summed E-state index contributed by atoms with van der Waals surface area (Å²) >= 11 is 5.97.